The summed E-state index contributed by atoms with van der Waals surface area (Å²) in [6.45, 7) is 3.22. The second-order valence-corrected chi connectivity index (χ2v) is 7.55. The second kappa shape index (κ2) is 6.66. The van der Waals surface area contributed by atoms with E-state index in [2.05, 4.69) is 10.0 Å². The van der Waals surface area contributed by atoms with Crippen molar-refractivity contribution in [3.8, 4) is 0 Å². The highest BCUT2D eigenvalue weighted by Crippen LogP contribution is 2.22. The molecule has 7 heteroatoms. The van der Waals surface area contributed by atoms with Crippen molar-refractivity contribution in [2.24, 2.45) is 0 Å². The first kappa shape index (κ1) is 16.8. The molecule has 2 N–H and O–H groups in total. The molecule has 0 spiro atoms. The Bertz CT molecular complexity index is 658. The Balaban J connectivity index is 2.30. The molecular formula is C15H23N3O3S. The number of rotatable bonds is 4. The fourth-order valence-corrected chi connectivity index (χ4v) is 3.27. The van der Waals surface area contributed by atoms with E-state index in [1.165, 1.54) is 0 Å². The number of amides is 1. The topological polar surface area (TPSA) is 78.5 Å². The zero-order valence-electron chi connectivity index (χ0n) is 13.2. The number of piperidine rings is 1. The number of hydrogen-bond acceptors (Lipinski definition) is 4. The van der Waals surface area contributed by atoms with Gasteiger partial charge in [-0.15, -0.1) is 0 Å². The van der Waals surface area contributed by atoms with Gasteiger partial charge in [0.1, 0.15) is 0 Å². The number of anilines is 1. The lowest BCUT2D eigenvalue weighted by molar-refractivity contribution is 0.0699. The van der Waals surface area contributed by atoms with Crippen LogP contribution in [0.4, 0.5) is 5.69 Å². The van der Waals surface area contributed by atoms with E-state index in [0.29, 0.717) is 24.3 Å². The van der Waals surface area contributed by atoms with E-state index in [0.717, 1.165) is 24.7 Å². The van der Waals surface area contributed by atoms with Crippen LogP contribution in [0.3, 0.4) is 0 Å². The summed E-state index contributed by atoms with van der Waals surface area (Å²) in [4.78, 5) is 14.6. The van der Waals surface area contributed by atoms with Crippen molar-refractivity contribution in [2.75, 3.05) is 31.1 Å². The molecule has 1 aliphatic rings. The predicted octanol–water partition coefficient (Wildman–Crippen LogP) is 1.19. The molecule has 1 amide bonds. The van der Waals surface area contributed by atoms with Crippen LogP contribution in [-0.2, 0) is 10.0 Å². The van der Waals surface area contributed by atoms with Crippen LogP contribution in [0, 0.1) is 6.92 Å². The van der Waals surface area contributed by atoms with Gasteiger partial charge in [-0.3, -0.25) is 9.52 Å². The van der Waals surface area contributed by atoms with Crippen LogP contribution >= 0.6 is 0 Å². The van der Waals surface area contributed by atoms with E-state index in [9.17, 15) is 13.2 Å². The summed E-state index contributed by atoms with van der Waals surface area (Å²) in [5.41, 5.74) is 1.66. The number of sulfonamides is 1. The molecule has 2 rings (SSSR count). The van der Waals surface area contributed by atoms with E-state index in [1.807, 2.05) is 14.0 Å². The Morgan fingerprint density at radius 2 is 2.09 bits per heavy atom. The van der Waals surface area contributed by atoms with Gasteiger partial charge in [-0.25, -0.2) is 8.42 Å². The van der Waals surface area contributed by atoms with Crippen molar-refractivity contribution in [1.82, 2.24) is 10.2 Å². The first-order chi connectivity index (χ1) is 10.3. The minimum Gasteiger partial charge on any atom is -0.337 e. The summed E-state index contributed by atoms with van der Waals surface area (Å²) in [6, 6.07) is 5.45. The fraction of sp³-hybridized carbons (Fsp3) is 0.533. The molecule has 1 aliphatic heterocycles. The summed E-state index contributed by atoms with van der Waals surface area (Å²) >= 11 is 0. The van der Waals surface area contributed by atoms with Crippen molar-refractivity contribution in [3.63, 3.8) is 0 Å². The molecule has 1 heterocycles. The summed E-state index contributed by atoms with van der Waals surface area (Å²) in [5, 5.41) is 3.20. The molecule has 0 aromatic heterocycles. The van der Waals surface area contributed by atoms with Gasteiger partial charge in [-0.05, 0) is 38.9 Å². The molecule has 0 radical (unpaired) electrons. The lowest BCUT2D eigenvalue weighted by Gasteiger charge is -2.33. The van der Waals surface area contributed by atoms with Crippen LogP contribution in [0.2, 0.25) is 0 Å². The van der Waals surface area contributed by atoms with Crippen molar-refractivity contribution >= 4 is 21.6 Å². The second-order valence-electron chi connectivity index (χ2n) is 5.80. The number of aryl methyl sites for hydroxylation is 1. The molecule has 0 saturated carbocycles. The number of carbonyl (C=O) groups is 1. The zero-order chi connectivity index (χ0) is 16.3. The molecule has 1 saturated heterocycles. The van der Waals surface area contributed by atoms with Crippen LogP contribution in [0.25, 0.3) is 0 Å². The SMILES string of the molecule is CNC1CCCN(C(=O)c2cc(C)ccc2NS(C)(=O)=O)C1. The average Bonchev–Trinajstić information content (AvgIpc) is 2.47. The van der Waals surface area contributed by atoms with Crippen LogP contribution in [0.15, 0.2) is 18.2 Å². The Hall–Kier alpha value is -1.60. The summed E-state index contributed by atoms with van der Waals surface area (Å²) in [5.74, 6) is -0.130. The number of nitrogens with zero attached hydrogens (tertiary/aromatic N) is 1. The van der Waals surface area contributed by atoms with Crippen molar-refractivity contribution < 1.29 is 13.2 Å². The van der Waals surface area contributed by atoms with Crippen LogP contribution in [0.1, 0.15) is 28.8 Å². The summed E-state index contributed by atoms with van der Waals surface area (Å²) in [7, 11) is -1.53. The monoisotopic (exact) mass is 325 g/mol. The van der Waals surface area contributed by atoms with E-state index < -0.39 is 10.0 Å². The van der Waals surface area contributed by atoms with Crippen LogP contribution in [-0.4, -0.2) is 51.7 Å². The van der Waals surface area contributed by atoms with Crippen molar-refractivity contribution in [2.45, 2.75) is 25.8 Å². The van der Waals surface area contributed by atoms with Crippen LogP contribution < -0.4 is 10.0 Å². The summed E-state index contributed by atoms with van der Waals surface area (Å²) in [6.07, 6.45) is 3.07. The molecule has 1 aromatic carbocycles. The van der Waals surface area contributed by atoms with Gasteiger partial charge in [0, 0.05) is 19.1 Å². The molecule has 1 aromatic rings. The normalized spacial score (nSPS) is 19.0. The number of likely N-dealkylation sites (tertiary alicyclic amines) is 1. The van der Waals surface area contributed by atoms with E-state index in [1.54, 1.807) is 23.1 Å². The third kappa shape index (κ3) is 4.20. The number of hydrogen-bond donors (Lipinski definition) is 2. The molecule has 0 aliphatic carbocycles. The van der Waals surface area contributed by atoms with Gasteiger partial charge >= 0.3 is 0 Å². The van der Waals surface area contributed by atoms with Gasteiger partial charge < -0.3 is 10.2 Å². The minimum atomic E-state index is -3.43. The highest BCUT2D eigenvalue weighted by molar-refractivity contribution is 7.92. The molecule has 122 valence electrons. The quantitative estimate of drug-likeness (QED) is 0.872. The fourth-order valence-electron chi connectivity index (χ4n) is 2.69. The maximum absolute atomic E-state index is 12.8. The van der Waals surface area contributed by atoms with Crippen molar-refractivity contribution in [1.29, 1.82) is 0 Å². The maximum atomic E-state index is 12.8. The molecule has 22 heavy (non-hydrogen) atoms. The van der Waals surface area contributed by atoms with Crippen LogP contribution in [0.5, 0.6) is 0 Å². The third-order valence-corrected chi connectivity index (χ3v) is 4.41. The van der Waals surface area contributed by atoms with E-state index in [4.69, 9.17) is 0 Å². The van der Waals surface area contributed by atoms with E-state index >= 15 is 0 Å². The van der Waals surface area contributed by atoms with Gasteiger partial charge in [0.15, 0.2) is 0 Å². The Kier molecular flexibility index (Phi) is 5.08. The number of carbonyl (C=O) groups excluding carboxylic acids is 1. The smallest absolute Gasteiger partial charge is 0.256 e. The van der Waals surface area contributed by atoms with Gasteiger partial charge in [0.05, 0.1) is 17.5 Å². The molecule has 1 fully saturated rings. The van der Waals surface area contributed by atoms with Gasteiger partial charge in [0.2, 0.25) is 10.0 Å². The third-order valence-electron chi connectivity index (χ3n) is 3.82. The standard InChI is InChI=1S/C15H23N3O3S/c1-11-6-7-14(17-22(3,20)21)13(9-11)15(19)18-8-4-5-12(10-18)16-2/h6-7,9,12,16-17H,4-5,8,10H2,1-3H3. The van der Waals surface area contributed by atoms with E-state index in [-0.39, 0.29) is 11.9 Å². The number of likely N-dealkylation sites (N-methyl/N-ethyl adjacent to an activating group) is 1. The maximum Gasteiger partial charge on any atom is 0.256 e. The molecule has 6 nitrogen and oxygen atoms in total. The number of benzene rings is 1. The van der Waals surface area contributed by atoms with Gasteiger partial charge in [-0.2, -0.15) is 0 Å². The number of nitrogens with one attached hydrogen (secondary N) is 2. The lowest BCUT2D eigenvalue weighted by Crippen LogP contribution is -2.47. The predicted molar refractivity (Wildman–Crippen MR) is 87.6 cm³/mol. The first-order valence-electron chi connectivity index (χ1n) is 7.35. The molecule has 1 unspecified atom stereocenters. The molecular weight excluding hydrogens is 302 g/mol. The molecule has 1 atom stereocenters. The first-order valence-corrected chi connectivity index (χ1v) is 9.24. The minimum absolute atomic E-state index is 0.130. The Morgan fingerprint density at radius 1 is 1.36 bits per heavy atom. The summed E-state index contributed by atoms with van der Waals surface area (Å²) < 4.78 is 25.4. The molecule has 0 bridgehead atoms. The Morgan fingerprint density at radius 3 is 2.73 bits per heavy atom. The van der Waals surface area contributed by atoms with Crippen molar-refractivity contribution in [3.05, 3.63) is 29.3 Å². The Labute approximate surface area is 131 Å². The van der Waals surface area contributed by atoms with Gasteiger partial charge in [-0.1, -0.05) is 11.6 Å². The largest absolute Gasteiger partial charge is 0.337 e. The average molecular weight is 325 g/mol. The highest BCUT2D eigenvalue weighted by atomic mass is 32.2. The highest BCUT2D eigenvalue weighted by Gasteiger charge is 2.25. The lowest BCUT2D eigenvalue weighted by atomic mass is 10.0. The zero-order valence-corrected chi connectivity index (χ0v) is 14.0. The van der Waals surface area contributed by atoms with Gasteiger partial charge in [0.25, 0.3) is 5.91 Å².